The third-order valence-electron chi connectivity index (χ3n) is 3.87. The molecular weight excluding hydrogens is 316 g/mol. The Morgan fingerprint density at radius 2 is 2.00 bits per heavy atom. The number of amides is 2. The number of nitrogens with zero attached hydrogens (tertiary/aromatic N) is 2. The monoisotopic (exact) mass is 332 g/mol. The fourth-order valence-corrected chi connectivity index (χ4v) is 3.25. The van der Waals surface area contributed by atoms with E-state index in [9.17, 15) is 9.59 Å². The predicted molar refractivity (Wildman–Crippen MR) is 86.3 cm³/mol. The third-order valence-corrected chi connectivity index (χ3v) is 4.61. The molecule has 1 aliphatic rings. The van der Waals surface area contributed by atoms with Crippen LogP contribution in [0.5, 0.6) is 0 Å². The summed E-state index contributed by atoms with van der Waals surface area (Å²) in [5.74, 6) is -1.14. The Balaban J connectivity index is 1.53. The summed E-state index contributed by atoms with van der Waals surface area (Å²) in [5, 5.41) is 23.1. The molecule has 2 amide bonds. The molecule has 0 saturated heterocycles. The van der Waals surface area contributed by atoms with Crippen molar-refractivity contribution in [3.8, 4) is 10.6 Å². The van der Waals surface area contributed by atoms with Crippen molar-refractivity contribution < 1.29 is 14.7 Å². The summed E-state index contributed by atoms with van der Waals surface area (Å²) in [4.78, 5) is 22.9. The zero-order valence-electron chi connectivity index (χ0n) is 12.2. The maximum absolute atomic E-state index is 12.0. The molecule has 1 aromatic heterocycles. The van der Waals surface area contributed by atoms with Gasteiger partial charge in [0.15, 0.2) is 0 Å². The van der Waals surface area contributed by atoms with E-state index in [2.05, 4.69) is 20.8 Å². The molecule has 1 fully saturated rings. The molecule has 8 heteroatoms. The molecule has 23 heavy (non-hydrogen) atoms. The Kier molecular flexibility index (Phi) is 4.52. The Labute approximate surface area is 136 Å². The summed E-state index contributed by atoms with van der Waals surface area (Å²) >= 11 is 1.45. The number of aliphatic carboxylic acids is 1. The summed E-state index contributed by atoms with van der Waals surface area (Å²) in [5.41, 5.74) is 3.28. The van der Waals surface area contributed by atoms with Gasteiger partial charge in [-0.2, -0.15) is 0 Å². The highest BCUT2D eigenvalue weighted by Crippen LogP contribution is 2.26. The van der Waals surface area contributed by atoms with Gasteiger partial charge < -0.3 is 15.7 Å². The van der Waals surface area contributed by atoms with Crippen LogP contribution >= 0.6 is 11.3 Å². The summed E-state index contributed by atoms with van der Waals surface area (Å²) in [6.07, 6.45) is 1.79. The van der Waals surface area contributed by atoms with E-state index in [1.807, 2.05) is 12.1 Å². The van der Waals surface area contributed by atoms with Gasteiger partial charge in [0.05, 0.1) is 5.92 Å². The predicted octanol–water partition coefficient (Wildman–Crippen LogP) is 2.58. The summed E-state index contributed by atoms with van der Waals surface area (Å²) in [7, 11) is 0. The van der Waals surface area contributed by atoms with Crippen molar-refractivity contribution in [3.05, 3.63) is 29.8 Å². The van der Waals surface area contributed by atoms with Crippen molar-refractivity contribution in [1.29, 1.82) is 0 Å². The van der Waals surface area contributed by atoms with E-state index in [0.717, 1.165) is 10.6 Å². The molecule has 0 bridgehead atoms. The van der Waals surface area contributed by atoms with Gasteiger partial charge in [-0.3, -0.25) is 4.79 Å². The number of rotatable bonds is 4. The van der Waals surface area contributed by atoms with Gasteiger partial charge in [0, 0.05) is 17.3 Å². The fourth-order valence-electron chi connectivity index (χ4n) is 2.68. The van der Waals surface area contributed by atoms with Crippen LogP contribution in [0.25, 0.3) is 10.6 Å². The number of benzene rings is 1. The van der Waals surface area contributed by atoms with Crippen LogP contribution in [0.3, 0.4) is 0 Å². The number of carbonyl (C=O) groups excluding carboxylic acids is 1. The number of aromatic nitrogens is 2. The average molecular weight is 332 g/mol. The first-order valence-corrected chi connectivity index (χ1v) is 8.16. The minimum atomic E-state index is -0.790. The second kappa shape index (κ2) is 6.74. The largest absolute Gasteiger partial charge is 0.481 e. The Morgan fingerprint density at radius 3 is 2.61 bits per heavy atom. The van der Waals surface area contributed by atoms with Gasteiger partial charge in [0.2, 0.25) is 0 Å². The van der Waals surface area contributed by atoms with Crippen molar-refractivity contribution in [1.82, 2.24) is 15.5 Å². The van der Waals surface area contributed by atoms with Crippen LogP contribution in [0.1, 0.15) is 19.3 Å². The highest BCUT2D eigenvalue weighted by Gasteiger charge is 2.30. The fraction of sp³-hybridized carbons (Fsp3) is 0.333. The molecule has 120 valence electrons. The smallest absolute Gasteiger partial charge is 0.319 e. The maximum atomic E-state index is 12.0. The molecule has 3 rings (SSSR count). The van der Waals surface area contributed by atoms with Crippen molar-refractivity contribution >= 4 is 29.0 Å². The molecular formula is C15H16N4O3S. The van der Waals surface area contributed by atoms with Gasteiger partial charge in [0.1, 0.15) is 10.5 Å². The molecule has 3 N–H and O–H groups in total. The lowest BCUT2D eigenvalue weighted by Crippen LogP contribution is -2.36. The normalized spacial score (nSPS) is 20.2. The Morgan fingerprint density at radius 1 is 1.22 bits per heavy atom. The Bertz CT molecular complexity index is 687. The van der Waals surface area contributed by atoms with E-state index < -0.39 is 5.97 Å². The second-order valence-corrected chi connectivity index (χ2v) is 6.30. The first kappa shape index (κ1) is 15.4. The van der Waals surface area contributed by atoms with Crippen LogP contribution in [0.15, 0.2) is 29.8 Å². The maximum Gasteiger partial charge on any atom is 0.319 e. The second-order valence-electron chi connectivity index (χ2n) is 5.46. The highest BCUT2D eigenvalue weighted by molar-refractivity contribution is 7.12. The zero-order valence-corrected chi connectivity index (χ0v) is 13.0. The van der Waals surface area contributed by atoms with Gasteiger partial charge in [-0.1, -0.05) is 11.3 Å². The molecule has 2 atom stereocenters. The number of carboxylic acids is 1. The molecule has 1 saturated carbocycles. The third kappa shape index (κ3) is 3.84. The molecule has 1 heterocycles. The number of anilines is 1. The average Bonchev–Trinajstić information content (AvgIpc) is 3.19. The molecule has 2 aromatic rings. The number of nitrogens with one attached hydrogen (secondary N) is 2. The first-order chi connectivity index (χ1) is 11.1. The van der Waals surface area contributed by atoms with Crippen molar-refractivity contribution in [2.24, 2.45) is 5.92 Å². The van der Waals surface area contributed by atoms with Crippen molar-refractivity contribution in [3.63, 3.8) is 0 Å². The lowest BCUT2D eigenvalue weighted by molar-refractivity contribution is -0.141. The quantitative estimate of drug-likeness (QED) is 0.798. The van der Waals surface area contributed by atoms with Crippen molar-refractivity contribution in [2.45, 2.75) is 25.3 Å². The molecule has 0 aliphatic heterocycles. The SMILES string of the molecule is O=C(Nc1ccc(-c2nncs2)cc1)N[C@H]1CC[C@@H](C(=O)O)C1. The van der Waals surface area contributed by atoms with Gasteiger partial charge in [-0.15, -0.1) is 10.2 Å². The van der Waals surface area contributed by atoms with Gasteiger partial charge in [-0.25, -0.2) is 4.79 Å². The van der Waals surface area contributed by atoms with E-state index in [0.29, 0.717) is 24.9 Å². The highest BCUT2D eigenvalue weighted by atomic mass is 32.1. The van der Waals surface area contributed by atoms with E-state index in [-0.39, 0.29) is 18.0 Å². The van der Waals surface area contributed by atoms with Crippen molar-refractivity contribution in [2.75, 3.05) is 5.32 Å². The van der Waals surface area contributed by atoms with Gasteiger partial charge >= 0.3 is 12.0 Å². The molecule has 7 nitrogen and oxygen atoms in total. The van der Waals surface area contributed by atoms with E-state index >= 15 is 0 Å². The molecule has 1 aliphatic carbocycles. The minimum Gasteiger partial charge on any atom is -0.481 e. The molecule has 1 aromatic carbocycles. The van der Waals surface area contributed by atoms with Crippen LogP contribution < -0.4 is 10.6 Å². The summed E-state index contributed by atoms with van der Waals surface area (Å²) in [6, 6.07) is 6.93. The lowest BCUT2D eigenvalue weighted by atomic mass is 10.1. The number of hydrogen-bond acceptors (Lipinski definition) is 5. The van der Waals surface area contributed by atoms with Gasteiger partial charge in [0.25, 0.3) is 0 Å². The number of carbonyl (C=O) groups is 2. The number of hydrogen-bond donors (Lipinski definition) is 3. The van der Waals surface area contributed by atoms with Crippen LogP contribution in [-0.2, 0) is 4.79 Å². The van der Waals surface area contributed by atoms with Crippen LogP contribution in [0, 0.1) is 5.92 Å². The van der Waals surface area contributed by atoms with E-state index in [1.54, 1.807) is 17.6 Å². The molecule has 0 radical (unpaired) electrons. The summed E-state index contributed by atoms with van der Waals surface area (Å²) in [6.45, 7) is 0. The first-order valence-electron chi connectivity index (χ1n) is 7.29. The molecule has 0 unspecified atom stereocenters. The van der Waals surface area contributed by atoms with E-state index in [1.165, 1.54) is 11.3 Å². The van der Waals surface area contributed by atoms with Gasteiger partial charge in [-0.05, 0) is 43.5 Å². The lowest BCUT2D eigenvalue weighted by Gasteiger charge is -2.13. The zero-order chi connectivity index (χ0) is 16.2. The summed E-state index contributed by atoms with van der Waals surface area (Å²) < 4.78 is 0. The minimum absolute atomic E-state index is 0.0863. The topological polar surface area (TPSA) is 104 Å². The van der Waals surface area contributed by atoms with Crippen LogP contribution in [-0.4, -0.2) is 33.3 Å². The van der Waals surface area contributed by atoms with Crippen LogP contribution in [0.2, 0.25) is 0 Å². The van der Waals surface area contributed by atoms with E-state index in [4.69, 9.17) is 5.11 Å². The number of urea groups is 1. The number of carboxylic acid groups (broad SMARTS) is 1. The Hall–Kier alpha value is -2.48. The van der Waals surface area contributed by atoms with Crippen LogP contribution in [0.4, 0.5) is 10.5 Å². The molecule has 0 spiro atoms. The standard InChI is InChI=1S/C15H16N4O3S/c20-14(21)10-3-6-12(7-10)18-15(22)17-11-4-1-9(2-5-11)13-19-16-8-23-13/h1-2,4-5,8,10,12H,3,6-7H2,(H,20,21)(H2,17,18,22)/t10-,12+/m1/s1.